The quantitative estimate of drug-likeness (QED) is 0.487. The van der Waals surface area contributed by atoms with Crippen molar-refractivity contribution in [2.24, 2.45) is 5.92 Å². The molecule has 7 nitrogen and oxygen atoms in total. The van der Waals surface area contributed by atoms with Crippen molar-refractivity contribution in [1.82, 2.24) is 9.80 Å². The highest BCUT2D eigenvalue weighted by Gasteiger charge is 2.36. The van der Waals surface area contributed by atoms with E-state index in [1.165, 1.54) is 0 Å². The molecule has 0 radical (unpaired) electrons. The Morgan fingerprint density at radius 2 is 1.69 bits per heavy atom. The van der Waals surface area contributed by atoms with Crippen LogP contribution in [0.1, 0.15) is 32.3 Å². The lowest BCUT2D eigenvalue weighted by molar-refractivity contribution is 0.0399. The Hall–Kier alpha value is -2.95. The van der Waals surface area contributed by atoms with E-state index in [1.807, 2.05) is 42.5 Å². The maximum Gasteiger partial charge on any atom is 0.161 e. The molecule has 2 aliphatic rings. The molecule has 2 aromatic rings. The molecule has 0 N–H and O–H groups in total. The van der Waals surface area contributed by atoms with Crippen LogP contribution < -0.4 is 18.9 Å². The second-order valence-electron chi connectivity index (χ2n) is 10.1. The third-order valence-corrected chi connectivity index (χ3v) is 7.62. The highest BCUT2D eigenvalue weighted by atomic mass is 16.6. The van der Waals surface area contributed by atoms with Crippen LogP contribution in [-0.4, -0.2) is 76.0 Å². The van der Waals surface area contributed by atoms with E-state index in [1.54, 1.807) is 14.2 Å². The summed E-state index contributed by atoms with van der Waals surface area (Å²) in [6, 6.07) is 16.4. The molecule has 4 rings (SSSR count). The molecule has 2 unspecified atom stereocenters. The van der Waals surface area contributed by atoms with Crippen molar-refractivity contribution in [2.75, 3.05) is 60.1 Å². The Balaban J connectivity index is 1.28. The van der Waals surface area contributed by atoms with Gasteiger partial charge >= 0.3 is 0 Å². The largest absolute Gasteiger partial charge is 0.493 e. The summed E-state index contributed by atoms with van der Waals surface area (Å²) in [5, 5.41) is 10.3. The van der Waals surface area contributed by atoms with Gasteiger partial charge in [0.1, 0.15) is 12.7 Å². The first-order chi connectivity index (χ1) is 17.5. The second-order valence-corrected chi connectivity index (χ2v) is 10.1. The molecule has 0 aromatic heterocycles. The number of benzene rings is 2. The lowest BCUT2D eigenvalue weighted by Crippen LogP contribution is -2.50. The monoisotopic (exact) mass is 493 g/mol. The van der Waals surface area contributed by atoms with Crippen molar-refractivity contribution in [1.29, 1.82) is 5.26 Å². The van der Waals surface area contributed by atoms with Crippen LogP contribution in [0.2, 0.25) is 0 Å². The smallest absolute Gasteiger partial charge is 0.161 e. The Bertz CT molecular complexity index is 1050. The van der Waals surface area contributed by atoms with Gasteiger partial charge in [-0.2, -0.15) is 5.26 Å². The van der Waals surface area contributed by atoms with Gasteiger partial charge in [-0.25, -0.2) is 0 Å². The molecule has 0 bridgehead atoms. The minimum Gasteiger partial charge on any atom is -0.493 e. The predicted molar refractivity (Wildman–Crippen MR) is 140 cm³/mol. The highest BCUT2D eigenvalue weighted by Crippen LogP contribution is 2.40. The summed E-state index contributed by atoms with van der Waals surface area (Å²) in [6.07, 6.45) is 1.84. The molecular formula is C29H39N3O4. The van der Waals surface area contributed by atoms with Crippen molar-refractivity contribution in [2.45, 2.75) is 38.2 Å². The van der Waals surface area contributed by atoms with Gasteiger partial charge in [-0.05, 0) is 55.1 Å². The van der Waals surface area contributed by atoms with E-state index in [2.05, 4.69) is 29.7 Å². The molecule has 36 heavy (non-hydrogen) atoms. The normalized spacial score (nSPS) is 19.9. The van der Waals surface area contributed by atoms with Crippen LogP contribution in [0.5, 0.6) is 23.0 Å². The van der Waals surface area contributed by atoms with Gasteiger partial charge in [0, 0.05) is 32.7 Å². The number of fused-ring (bicyclic) bond motifs is 1. The average Bonchev–Trinajstić information content (AvgIpc) is 2.91. The summed E-state index contributed by atoms with van der Waals surface area (Å²) < 4.78 is 22.9. The van der Waals surface area contributed by atoms with E-state index in [0.29, 0.717) is 18.1 Å². The zero-order valence-electron chi connectivity index (χ0n) is 22.0. The van der Waals surface area contributed by atoms with Crippen LogP contribution in [0, 0.1) is 17.2 Å². The van der Waals surface area contributed by atoms with E-state index in [-0.39, 0.29) is 12.0 Å². The SMILES string of the molecule is COc1ccc(C(C#N)(CCCN2CCN(CC3COc4ccccc4O3)CC2)C(C)C)cc1OC. The van der Waals surface area contributed by atoms with E-state index < -0.39 is 5.41 Å². The molecule has 7 heteroatoms. The topological polar surface area (TPSA) is 67.2 Å². The lowest BCUT2D eigenvalue weighted by Gasteiger charge is -2.38. The summed E-state index contributed by atoms with van der Waals surface area (Å²) >= 11 is 0. The molecule has 1 fully saturated rings. The highest BCUT2D eigenvalue weighted by molar-refractivity contribution is 5.47. The molecule has 0 aliphatic carbocycles. The summed E-state index contributed by atoms with van der Waals surface area (Å²) in [7, 11) is 3.27. The van der Waals surface area contributed by atoms with Crippen LogP contribution in [0.3, 0.4) is 0 Å². The Kier molecular flexibility index (Phi) is 8.60. The molecule has 2 atom stereocenters. The van der Waals surface area contributed by atoms with Gasteiger partial charge in [0.2, 0.25) is 0 Å². The van der Waals surface area contributed by atoms with Crippen LogP contribution in [-0.2, 0) is 5.41 Å². The molecule has 2 aliphatic heterocycles. The van der Waals surface area contributed by atoms with Crippen molar-refractivity contribution < 1.29 is 18.9 Å². The van der Waals surface area contributed by atoms with E-state index >= 15 is 0 Å². The fraction of sp³-hybridized carbons (Fsp3) is 0.552. The molecule has 2 aromatic carbocycles. The molecule has 194 valence electrons. The number of hydrogen-bond acceptors (Lipinski definition) is 7. The van der Waals surface area contributed by atoms with E-state index in [0.717, 1.165) is 69.2 Å². The van der Waals surface area contributed by atoms with Crippen molar-refractivity contribution >= 4 is 0 Å². The summed E-state index contributed by atoms with van der Waals surface area (Å²) in [6.45, 7) is 10.8. The maximum atomic E-state index is 10.3. The van der Waals surface area contributed by atoms with Gasteiger partial charge in [0.15, 0.2) is 23.0 Å². The third-order valence-electron chi connectivity index (χ3n) is 7.62. The summed E-state index contributed by atoms with van der Waals surface area (Å²) in [5.74, 6) is 3.21. The first kappa shape index (κ1) is 26.1. The first-order valence-corrected chi connectivity index (χ1v) is 13.0. The standard InChI is InChI=1S/C29H39N3O4/c1-22(2)29(21-30,23-10-11-25(33-3)28(18-23)34-4)12-7-13-31-14-16-32(17-15-31)19-24-20-35-26-8-5-6-9-27(26)36-24/h5-6,8-11,18,22,24H,7,12-17,19-20H2,1-4H3. The van der Waals surface area contributed by atoms with Crippen LogP contribution in [0.15, 0.2) is 42.5 Å². The lowest BCUT2D eigenvalue weighted by atomic mass is 9.69. The van der Waals surface area contributed by atoms with E-state index in [4.69, 9.17) is 18.9 Å². The minimum atomic E-state index is -0.560. The van der Waals surface area contributed by atoms with Crippen LogP contribution >= 0.6 is 0 Å². The Labute approximate surface area is 215 Å². The van der Waals surface area contributed by atoms with Gasteiger partial charge in [0.05, 0.1) is 25.7 Å². The van der Waals surface area contributed by atoms with Crippen molar-refractivity contribution in [3.05, 3.63) is 48.0 Å². The first-order valence-electron chi connectivity index (χ1n) is 13.0. The number of methoxy groups -OCH3 is 2. The number of nitriles is 1. The van der Waals surface area contributed by atoms with Crippen molar-refractivity contribution in [3.8, 4) is 29.1 Å². The second kappa shape index (κ2) is 11.9. The zero-order chi connectivity index (χ0) is 25.5. The number of rotatable bonds is 10. The zero-order valence-corrected chi connectivity index (χ0v) is 22.0. The van der Waals surface area contributed by atoms with E-state index in [9.17, 15) is 5.26 Å². The number of para-hydroxylation sites is 2. The van der Waals surface area contributed by atoms with Gasteiger partial charge in [-0.15, -0.1) is 0 Å². The molecule has 1 saturated heterocycles. The Morgan fingerprint density at radius 3 is 2.36 bits per heavy atom. The fourth-order valence-corrected chi connectivity index (χ4v) is 5.35. The Morgan fingerprint density at radius 1 is 1.00 bits per heavy atom. The number of hydrogen-bond donors (Lipinski definition) is 0. The number of nitrogens with zero attached hydrogens (tertiary/aromatic N) is 3. The number of piperazine rings is 1. The molecule has 0 saturated carbocycles. The fourth-order valence-electron chi connectivity index (χ4n) is 5.35. The maximum absolute atomic E-state index is 10.3. The van der Waals surface area contributed by atoms with Gasteiger partial charge in [-0.1, -0.05) is 32.0 Å². The summed E-state index contributed by atoms with van der Waals surface area (Å²) in [5.41, 5.74) is 0.439. The van der Waals surface area contributed by atoms with Gasteiger partial charge in [0.25, 0.3) is 0 Å². The number of ether oxygens (including phenoxy) is 4. The van der Waals surface area contributed by atoms with Crippen LogP contribution in [0.25, 0.3) is 0 Å². The molecular weight excluding hydrogens is 454 g/mol. The van der Waals surface area contributed by atoms with Gasteiger partial charge in [-0.3, -0.25) is 4.90 Å². The summed E-state index contributed by atoms with van der Waals surface area (Å²) in [4.78, 5) is 4.98. The molecule has 0 amide bonds. The van der Waals surface area contributed by atoms with Gasteiger partial charge < -0.3 is 23.8 Å². The third kappa shape index (κ3) is 5.71. The predicted octanol–water partition coefficient (Wildman–Crippen LogP) is 4.36. The minimum absolute atomic E-state index is 0.0650. The average molecular weight is 494 g/mol. The molecule has 2 heterocycles. The van der Waals surface area contributed by atoms with Crippen molar-refractivity contribution in [3.63, 3.8) is 0 Å². The molecule has 0 spiro atoms. The van der Waals surface area contributed by atoms with Crippen LogP contribution in [0.4, 0.5) is 0 Å².